The lowest BCUT2D eigenvalue weighted by atomic mass is 10.3. The molecule has 0 heterocycles. The zero-order chi connectivity index (χ0) is 15.9. The molecule has 0 radical (unpaired) electrons. The SMILES string of the molecule is CONc1ccc(OC(=O)Oc2ccc([N+](=O)[O-])cc2)cc1. The molecule has 2 aromatic rings. The molecule has 0 aliphatic heterocycles. The number of rotatable bonds is 5. The maximum atomic E-state index is 11.6. The molecule has 2 rings (SSSR count). The van der Waals surface area contributed by atoms with Gasteiger partial charge in [0.05, 0.1) is 17.7 Å². The number of carbonyl (C=O) groups is 1. The second-order valence-electron chi connectivity index (χ2n) is 4.04. The van der Waals surface area contributed by atoms with Crippen molar-refractivity contribution in [2.45, 2.75) is 0 Å². The van der Waals surface area contributed by atoms with Crippen molar-refractivity contribution in [2.75, 3.05) is 12.6 Å². The fourth-order valence-corrected chi connectivity index (χ4v) is 1.56. The summed E-state index contributed by atoms with van der Waals surface area (Å²) in [5.41, 5.74) is 3.21. The second-order valence-corrected chi connectivity index (χ2v) is 4.04. The first-order chi connectivity index (χ1) is 10.6. The number of ether oxygens (including phenoxy) is 2. The van der Waals surface area contributed by atoms with E-state index in [1.54, 1.807) is 24.3 Å². The van der Waals surface area contributed by atoms with Gasteiger partial charge in [0.25, 0.3) is 5.69 Å². The molecule has 8 heteroatoms. The maximum absolute atomic E-state index is 11.6. The van der Waals surface area contributed by atoms with Crippen LogP contribution < -0.4 is 15.0 Å². The van der Waals surface area contributed by atoms with Crippen molar-refractivity contribution in [1.29, 1.82) is 0 Å². The molecule has 114 valence electrons. The molecule has 0 amide bonds. The zero-order valence-corrected chi connectivity index (χ0v) is 11.5. The zero-order valence-electron chi connectivity index (χ0n) is 11.5. The first-order valence-corrected chi connectivity index (χ1v) is 6.11. The summed E-state index contributed by atoms with van der Waals surface area (Å²) in [7, 11) is 1.48. The highest BCUT2D eigenvalue weighted by Gasteiger charge is 2.10. The van der Waals surface area contributed by atoms with E-state index >= 15 is 0 Å². The molecule has 2 aromatic carbocycles. The van der Waals surface area contributed by atoms with Crippen LogP contribution >= 0.6 is 0 Å². The van der Waals surface area contributed by atoms with Gasteiger partial charge >= 0.3 is 6.16 Å². The Morgan fingerprint density at radius 3 is 1.95 bits per heavy atom. The number of nitrogens with zero attached hydrogens (tertiary/aromatic N) is 1. The summed E-state index contributed by atoms with van der Waals surface area (Å²) in [5.74, 6) is 0.432. The number of carbonyl (C=O) groups excluding carboxylic acids is 1. The molecule has 0 unspecified atom stereocenters. The highest BCUT2D eigenvalue weighted by atomic mass is 16.7. The smallest absolute Gasteiger partial charge is 0.395 e. The fraction of sp³-hybridized carbons (Fsp3) is 0.0714. The van der Waals surface area contributed by atoms with E-state index in [9.17, 15) is 14.9 Å². The molecular weight excluding hydrogens is 292 g/mol. The van der Waals surface area contributed by atoms with Crippen molar-refractivity contribution in [3.8, 4) is 11.5 Å². The van der Waals surface area contributed by atoms with E-state index in [0.717, 1.165) is 0 Å². The molecule has 0 fully saturated rings. The van der Waals surface area contributed by atoms with Crippen molar-refractivity contribution < 1.29 is 24.0 Å². The molecule has 0 atom stereocenters. The Morgan fingerprint density at radius 1 is 1.00 bits per heavy atom. The van der Waals surface area contributed by atoms with Crippen LogP contribution in [-0.2, 0) is 4.84 Å². The first kappa shape index (κ1) is 15.3. The van der Waals surface area contributed by atoms with Gasteiger partial charge in [0.2, 0.25) is 0 Å². The highest BCUT2D eigenvalue weighted by Crippen LogP contribution is 2.19. The van der Waals surface area contributed by atoms with Gasteiger partial charge in [-0.25, -0.2) is 4.79 Å². The Bertz CT molecular complexity index is 654. The summed E-state index contributed by atoms with van der Waals surface area (Å²) >= 11 is 0. The minimum Gasteiger partial charge on any atom is -0.395 e. The summed E-state index contributed by atoms with van der Waals surface area (Å²) in [5, 5.41) is 10.5. The van der Waals surface area contributed by atoms with Crippen LogP contribution in [-0.4, -0.2) is 18.2 Å². The number of anilines is 1. The van der Waals surface area contributed by atoms with Crippen molar-refractivity contribution in [2.24, 2.45) is 0 Å². The molecule has 0 bridgehead atoms. The number of nitrogens with one attached hydrogen (secondary N) is 1. The Labute approximate surface area is 125 Å². The normalized spacial score (nSPS) is 9.86. The van der Waals surface area contributed by atoms with E-state index in [1.807, 2.05) is 0 Å². The molecule has 0 spiro atoms. The van der Waals surface area contributed by atoms with Gasteiger partial charge in [-0.15, -0.1) is 0 Å². The quantitative estimate of drug-likeness (QED) is 0.392. The maximum Gasteiger partial charge on any atom is 0.519 e. The van der Waals surface area contributed by atoms with Gasteiger partial charge in [-0.2, -0.15) is 0 Å². The Morgan fingerprint density at radius 2 is 1.50 bits per heavy atom. The van der Waals surface area contributed by atoms with Gasteiger partial charge in [-0.3, -0.25) is 20.4 Å². The van der Waals surface area contributed by atoms with E-state index in [-0.39, 0.29) is 17.2 Å². The van der Waals surface area contributed by atoms with Gasteiger partial charge in [-0.1, -0.05) is 0 Å². The lowest BCUT2D eigenvalue weighted by Gasteiger charge is -2.06. The lowest BCUT2D eigenvalue weighted by Crippen LogP contribution is -2.13. The van der Waals surface area contributed by atoms with Crippen LogP contribution in [0.1, 0.15) is 0 Å². The Balaban J connectivity index is 1.93. The number of nitro groups is 1. The van der Waals surface area contributed by atoms with E-state index in [1.165, 1.54) is 31.4 Å². The van der Waals surface area contributed by atoms with E-state index < -0.39 is 11.1 Å². The predicted molar refractivity (Wildman–Crippen MR) is 76.8 cm³/mol. The van der Waals surface area contributed by atoms with Gasteiger partial charge in [0.1, 0.15) is 11.5 Å². The van der Waals surface area contributed by atoms with Crippen LogP contribution in [0.5, 0.6) is 11.5 Å². The van der Waals surface area contributed by atoms with Gasteiger partial charge in [-0.05, 0) is 36.4 Å². The standard InChI is InChI=1S/C14H12N2O6/c1-20-15-10-2-6-12(7-3-10)21-14(17)22-13-8-4-11(5-9-13)16(18)19/h2-9,15H,1H3. The number of hydrogen-bond donors (Lipinski definition) is 1. The third-order valence-electron chi connectivity index (χ3n) is 2.52. The molecule has 0 saturated heterocycles. The fourth-order valence-electron chi connectivity index (χ4n) is 1.56. The number of non-ortho nitro benzene ring substituents is 1. The van der Waals surface area contributed by atoms with E-state index in [0.29, 0.717) is 5.69 Å². The van der Waals surface area contributed by atoms with Crippen LogP contribution in [0.4, 0.5) is 16.2 Å². The Hall–Kier alpha value is -3.13. The number of hydrogen-bond acceptors (Lipinski definition) is 7. The minimum absolute atomic E-state index is 0.0954. The molecule has 0 aliphatic carbocycles. The molecule has 1 N–H and O–H groups in total. The van der Waals surface area contributed by atoms with Crippen LogP contribution in [0.15, 0.2) is 48.5 Å². The molecular formula is C14H12N2O6. The van der Waals surface area contributed by atoms with E-state index in [2.05, 4.69) is 5.48 Å². The van der Waals surface area contributed by atoms with Crippen molar-refractivity contribution in [1.82, 2.24) is 0 Å². The molecule has 8 nitrogen and oxygen atoms in total. The summed E-state index contributed by atoms with van der Waals surface area (Å²) in [6.07, 6.45) is -0.943. The summed E-state index contributed by atoms with van der Waals surface area (Å²) < 4.78 is 9.87. The van der Waals surface area contributed by atoms with Crippen molar-refractivity contribution in [3.63, 3.8) is 0 Å². The lowest BCUT2D eigenvalue weighted by molar-refractivity contribution is -0.384. The average molecular weight is 304 g/mol. The van der Waals surface area contributed by atoms with Gasteiger partial charge < -0.3 is 9.47 Å². The minimum atomic E-state index is -0.943. The van der Waals surface area contributed by atoms with Crippen molar-refractivity contribution >= 4 is 17.5 Å². The monoisotopic (exact) mass is 304 g/mol. The average Bonchev–Trinajstić information content (AvgIpc) is 2.50. The molecule has 22 heavy (non-hydrogen) atoms. The third kappa shape index (κ3) is 4.18. The summed E-state index contributed by atoms with van der Waals surface area (Å²) in [4.78, 5) is 26.3. The molecule has 0 aliphatic rings. The van der Waals surface area contributed by atoms with E-state index in [4.69, 9.17) is 14.3 Å². The van der Waals surface area contributed by atoms with Crippen LogP contribution in [0.25, 0.3) is 0 Å². The van der Waals surface area contributed by atoms with Crippen LogP contribution in [0, 0.1) is 10.1 Å². The topological polar surface area (TPSA) is 99.9 Å². The summed E-state index contributed by atoms with van der Waals surface area (Å²) in [6, 6.07) is 11.5. The predicted octanol–water partition coefficient (Wildman–Crippen LogP) is 3.15. The second kappa shape index (κ2) is 7.04. The van der Waals surface area contributed by atoms with Gasteiger partial charge in [0, 0.05) is 12.1 Å². The Kier molecular flexibility index (Phi) is 4.89. The molecule has 0 saturated carbocycles. The largest absolute Gasteiger partial charge is 0.519 e. The van der Waals surface area contributed by atoms with Gasteiger partial charge in [0.15, 0.2) is 0 Å². The number of benzene rings is 2. The third-order valence-corrected chi connectivity index (χ3v) is 2.52. The molecule has 0 aromatic heterocycles. The van der Waals surface area contributed by atoms with Crippen molar-refractivity contribution in [3.05, 3.63) is 58.6 Å². The summed E-state index contributed by atoms with van der Waals surface area (Å²) in [6.45, 7) is 0. The highest BCUT2D eigenvalue weighted by molar-refractivity contribution is 5.67. The first-order valence-electron chi connectivity index (χ1n) is 6.11. The van der Waals surface area contributed by atoms with Crippen LogP contribution in [0.2, 0.25) is 0 Å². The number of nitro benzene ring substituents is 1. The van der Waals surface area contributed by atoms with Crippen LogP contribution in [0.3, 0.4) is 0 Å².